The third-order valence-electron chi connectivity index (χ3n) is 4.90. The number of rotatable bonds is 6. The molecular formula is C24H23N3O2S. The molecule has 0 amide bonds. The molecule has 0 aliphatic heterocycles. The van der Waals surface area contributed by atoms with Crippen molar-refractivity contribution in [3.8, 4) is 6.07 Å². The van der Waals surface area contributed by atoms with Crippen molar-refractivity contribution in [1.82, 2.24) is 4.98 Å². The minimum absolute atomic E-state index is 0.199. The van der Waals surface area contributed by atoms with Gasteiger partial charge >= 0.3 is 0 Å². The Labute approximate surface area is 179 Å². The Bertz CT molecular complexity index is 1210. The summed E-state index contributed by atoms with van der Waals surface area (Å²) >= 11 is 1.49. The van der Waals surface area contributed by atoms with E-state index in [1.165, 1.54) is 11.3 Å². The fourth-order valence-electron chi connectivity index (χ4n) is 3.53. The maximum atomic E-state index is 13.5. The van der Waals surface area contributed by atoms with E-state index in [1.54, 1.807) is 43.3 Å². The van der Waals surface area contributed by atoms with Gasteiger partial charge in [-0.25, -0.2) is 0 Å². The van der Waals surface area contributed by atoms with E-state index in [2.05, 4.69) is 11.1 Å². The van der Waals surface area contributed by atoms with E-state index in [1.807, 2.05) is 37.4 Å². The third kappa shape index (κ3) is 4.12. The molecule has 1 aromatic carbocycles. The number of carbonyl (C=O) groups is 1. The highest BCUT2D eigenvalue weighted by molar-refractivity contribution is 7.11. The molecule has 0 radical (unpaired) electrons. The zero-order chi connectivity index (χ0) is 21.8. The average Bonchev–Trinajstić information content (AvgIpc) is 3.25. The van der Waals surface area contributed by atoms with Gasteiger partial charge in [0.25, 0.3) is 5.56 Å². The Kier molecular flexibility index (Phi) is 6.34. The number of thiophene rings is 1. The quantitative estimate of drug-likeness (QED) is 0.467. The van der Waals surface area contributed by atoms with Gasteiger partial charge in [0.15, 0.2) is 5.78 Å². The Morgan fingerprint density at radius 1 is 1.27 bits per heavy atom. The maximum Gasteiger partial charge on any atom is 0.272 e. The molecule has 0 aliphatic carbocycles. The maximum absolute atomic E-state index is 13.5. The van der Waals surface area contributed by atoms with Gasteiger partial charge in [0.2, 0.25) is 0 Å². The first kappa shape index (κ1) is 21.3. The van der Waals surface area contributed by atoms with Crippen molar-refractivity contribution in [2.75, 3.05) is 19.0 Å². The van der Waals surface area contributed by atoms with Crippen LogP contribution in [0.1, 0.15) is 44.5 Å². The summed E-state index contributed by atoms with van der Waals surface area (Å²) in [5.41, 5.74) is 3.84. The molecule has 3 rings (SSSR count). The van der Waals surface area contributed by atoms with Crippen LogP contribution >= 0.6 is 11.3 Å². The number of aromatic nitrogens is 1. The molecule has 3 aromatic rings. The van der Waals surface area contributed by atoms with Crippen molar-refractivity contribution in [2.24, 2.45) is 0 Å². The number of hydrogen-bond acceptors (Lipinski definition) is 5. The van der Waals surface area contributed by atoms with Gasteiger partial charge in [0.1, 0.15) is 11.8 Å². The number of nitrogens with zero attached hydrogens (tertiary/aromatic N) is 2. The topological polar surface area (TPSA) is 77.0 Å². The molecule has 0 saturated heterocycles. The molecule has 2 aromatic heterocycles. The van der Waals surface area contributed by atoms with Gasteiger partial charge in [-0.05, 0) is 48.1 Å². The summed E-state index contributed by atoms with van der Waals surface area (Å²) in [7, 11) is 3.52. The van der Waals surface area contributed by atoms with Crippen LogP contribution in [0.3, 0.4) is 0 Å². The van der Waals surface area contributed by atoms with E-state index in [4.69, 9.17) is 0 Å². The molecule has 0 unspecified atom stereocenters. The Balaban J connectivity index is 2.13. The largest absolute Gasteiger partial charge is 0.373 e. The summed E-state index contributed by atoms with van der Waals surface area (Å²) in [6.07, 6.45) is 2.40. The third-order valence-corrected chi connectivity index (χ3v) is 5.81. The first-order valence-corrected chi connectivity index (χ1v) is 10.5. The average molecular weight is 418 g/mol. The summed E-state index contributed by atoms with van der Waals surface area (Å²) in [6, 6.07) is 13.2. The fourth-order valence-corrected chi connectivity index (χ4v) is 4.23. The lowest BCUT2D eigenvalue weighted by Gasteiger charge is -2.20. The van der Waals surface area contributed by atoms with Crippen LogP contribution in [-0.2, 0) is 6.42 Å². The number of allylic oxidation sites excluding steroid dienone is 1. The molecule has 30 heavy (non-hydrogen) atoms. The van der Waals surface area contributed by atoms with Gasteiger partial charge in [-0.1, -0.05) is 31.2 Å². The van der Waals surface area contributed by atoms with E-state index in [0.29, 0.717) is 34.5 Å². The Morgan fingerprint density at radius 2 is 2.03 bits per heavy atom. The second-order valence-electron chi connectivity index (χ2n) is 7.13. The van der Waals surface area contributed by atoms with Crippen LogP contribution in [0.4, 0.5) is 5.69 Å². The van der Waals surface area contributed by atoms with Crippen molar-refractivity contribution in [2.45, 2.75) is 20.3 Å². The highest BCUT2D eigenvalue weighted by Gasteiger charge is 2.23. The van der Waals surface area contributed by atoms with Crippen LogP contribution in [0.5, 0.6) is 0 Å². The molecule has 1 N–H and O–H groups in total. The van der Waals surface area contributed by atoms with Gasteiger partial charge in [0.05, 0.1) is 11.1 Å². The van der Waals surface area contributed by atoms with Crippen LogP contribution in [0.15, 0.2) is 46.6 Å². The summed E-state index contributed by atoms with van der Waals surface area (Å²) in [4.78, 5) is 31.5. The van der Waals surface area contributed by atoms with Gasteiger partial charge in [-0.15, -0.1) is 11.3 Å². The zero-order valence-electron chi connectivity index (χ0n) is 17.4. The van der Waals surface area contributed by atoms with Crippen molar-refractivity contribution in [1.29, 1.82) is 5.26 Å². The highest BCUT2D eigenvalue weighted by Crippen LogP contribution is 2.26. The zero-order valence-corrected chi connectivity index (χ0v) is 18.3. The van der Waals surface area contributed by atoms with E-state index >= 15 is 0 Å². The first-order chi connectivity index (χ1) is 14.4. The molecule has 2 heterocycles. The van der Waals surface area contributed by atoms with Gasteiger partial charge in [0, 0.05) is 30.2 Å². The number of benzene rings is 1. The minimum atomic E-state index is -0.279. The molecule has 6 heteroatoms. The lowest BCUT2D eigenvalue weighted by molar-refractivity contribution is 0.103. The van der Waals surface area contributed by atoms with Crippen molar-refractivity contribution in [3.63, 3.8) is 0 Å². The van der Waals surface area contributed by atoms with Crippen LogP contribution in [0.2, 0.25) is 0 Å². The molecule has 0 fully saturated rings. The molecule has 0 spiro atoms. The van der Waals surface area contributed by atoms with Gasteiger partial charge in [-0.2, -0.15) is 5.26 Å². The number of anilines is 1. The van der Waals surface area contributed by atoms with E-state index in [9.17, 15) is 14.9 Å². The number of hydrogen-bond donors (Lipinski definition) is 1. The van der Waals surface area contributed by atoms with E-state index in [0.717, 1.165) is 16.0 Å². The molecule has 0 saturated carbocycles. The number of carbonyl (C=O) groups excluding carboxylic acids is 1. The van der Waals surface area contributed by atoms with Crippen LogP contribution in [0, 0.1) is 18.3 Å². The van der Waals surface area contributed by atoms with Crippen molar-refractivity contribution in [3.05, 3.63) is 85.0 Å². The summed E-state index contributed by atoms with van der Waals surface area (Å²) in [5.74, 6) is -0.199. The second-order valence-corrected chi connectivity index (χ2v) is 8.08. The van der Waals surface area contributed by atoms with Crippen LogP contribution in [-0.4, -0.2) is 24.9 Å². The number of ketones is 1. The lowest BCUT2D eigenvalue weighted by atomic mass is 9.93. The molecule has 0 aliphatic rings. The Morgan fingerprint density at radius 3 is 2.63 bits per heavy atom. The van der Waals surface area contributed by atoms with Crippen LogP contribution < -0.4 is 10.5 Å². The predicted octanol–water partition coefficient (Wildman–Crippen LogP) is 4.67. The Hall–Kier alpha value is -3.43. The van der Waals surface area contributed by atoms with Gasteiger partial charge in [-0.3, -0.25) is 9.59 Å². The van der Waals surface area contributed by atoms with Gasteiger partial charge < -0.3 is 9.88 Å². The molecule has 152 valence electrons. The molecular weight excluding hydrogens is 394 g/mol. The number of nitriles is 1. The fraction of sp³-hybridized carbons (Fsp3) is 0.208. The molecule has 0 atom stereocenters. The smallest absolute Gasteiger partial charge is 0.272 e. The normalized spacial score (nSPS) is 11.2. The standard InChI is InChI=1S/C24H23N3O2S/c1-5-19-15(2)26-24(29)22(27(3)4)21(19)23(28)17-9-6-8-16(12-17)13-18(14-25)20-10-7-11-30-20/h6-13H,5H2,1-4H3,(H,26,29)/b18-13-. The first-order valence-electron chi connectivity index (χ1n) is 9.60. The van der Waals surface area contributed by atoms with Crippen molar-refractivity contribution >= 4 is 34.5 Å². The molecule has 0 bridgehead atoms. The SMILES string of the molecule is CCc1c(C)[nH]c(=O)c(N(C)C)c1C(=O)c1cccc(/C=C(/C#N)c2cccs2)c1. The summed E-state index contributed by atoms with van der Waals surface area (Å²) in [6.45, 7) is 3.78. The second kappa shape index (κ2) is 8.93. The highest BCUT2D eigenvalue weighted by atomic mass is 32.1. The minimum Gasteiger partial charge on any atom is -0.373 e. The summed E-state index contributed by atoms with van der Waals surface area (Å²) < 4.78 is 0. The number of aromatic amines is 1. The number of aryl methyl sites for hydroxylation is 1. The number of H-pyrrole nitrogens is 1. The predicted molar refractivity (Wildman–Crippen MR) is 123 cm³/mol. The van der Waals surface area contributed by atoms with Crippen molar-refractivity contribution < 1.29 is 4.79 Å². The number of pyridine rings is 1. The number of nitrogens with one attached hydrogen (secondary N) is 1. The molecule has 5 nitrogen and oxygen atoms in total. The monoisotopic (exact) mass is 417 g/mol. The summed E-state index contributed by atoms with van der Waals surface area (Å²) in [5, 5.41) is 11.4. The van der Waals surface area contributed by atoms with E-state index < -0.39 is 0 Å². The van der Waals surface area contributed by atoms with Crippen LogP contribution in [0.25, 0.3) is 11.6 Å². The van der Waals surface area contributed by atoms with E-state index in [-0.39, 0.29) is 11.3 Å². The lowest BCUT2D eigenvalue weighted by Crippen LogP contribution is -2.27.